The fourth-order valence-corrected chi connectivity index (χ4v) is 6.59. The molecule has 0 radical (unpaired) electrons. The Kier molecular flexibility index (Phi) is 10.0. The number of hydrogen-bond acceptors (Lipinski definition) is 5. The van der Waals surface area contributed by atoms with E-state index in [4.69, 9.17) is 44.6 Å². The van der Waals surface area contributed by atoms with Crippen LogP contribution in [0.1, 0.15) is 62.5 Å². The Labute approximate surface area is 278 Å². The van der Waals surface area contributed by atoms with E-state index in [9.17, 15) is 14.4 Å². The molecule has 2 saturated heterocycles. The highest BCUT2D eigenvalue weighted by Gasteiger charge is 2.37. The predicted octanol–water partition coefficient (Wildman–Crippen LogP) is 7.18. The van der Waals surface area contributed by atoms with Gasteiger partial charge in [-0.2, -0.15) is 5.10 Å². The van der Waals surface area contributed by atoms with Gasteiger partial charge < -0.3 is 15.0 Å². The van der Waals surface area contributed by atoms with Gasteiger partial charge in [-0.15, -0.1) is 0 Å². The Morgan fingerprint density at radius 1 is 0.978 bits per heavy atom. The summed E-state index contributed by atoms with van der Waals surface area (Å²) < 4.78 is 7.19. The number of rotatable bonds is 6. The van der Waals surface area contributed by atoms with E-state index in [2.05, 4.69) is 5.32 Å². The first kappa shape index (κ1) is 33.1. The zero-order valence-corrected chi connectivity index (χ0v) is 28.2. The van der Waals surface area contributed by atoms with Crippen LogP contribution < -0.4 is 5.32 Å². The van der Waals surface area contributed by atoms with E-state index >= 15 is 0 Å². The van der Waals surface area contributed by atoms with Gasteiger partial charge in [-0.1, -0.05) is 46.9 Å². The number of carbonyl (C=O) groups is 3. The Morgan fingerprint density at radius 3 is 2.36 bits per heavy atom. The molecule has 3 amide bonds. The summed E-state index contributed by atoms with van der Waals surface area (Å²) in [7, 11) is 0. The van der Waals surface area contributed by atoms with Gasteiger partial charge in [0, 0.05) is 47.4 Å². The molecule has 0 bridgehead atoms. The van der Waals surface area contributed by atoms with Crippen LogP contribution in [0, 0.1) is 12.8 Å². The number of likely N-dealkylation sites (tertiary alicyclic amines) is 2. The summed E-state index contributed by atoms with van der Waals surface area (Å²) in [5.41, 5.74) is 2.57. The first-order valence-corrected chi connectivity index (χ1v) is 16.3. The van der Waals surface area contributed by atoms with Crippen LogP contribution in [0.15, 0.2) is 42.5 Å². The second kappa shape index (κ2) is 13.6. The Hall–Kier alpha value is -3.27. The van der Waals surface area contributed by atoms with Gasteiger partial charge in [0.1, 0.15) is 11.6 Å². The topological polar surface area (TPSA) is 96.8 Å². The molecule has 2 fully saturated rings. The van der Waals surface area contributed by atoms with E-state index in [1.807, 2.05) is 39.8 Å². The molecule has 0 aliphatic carbocycles. The highest BCUT2D eigenvalue weighted by molar-refractivity contribution is 6.35. The molecule has 12 heteroatoms. The normalized spacial score (nSPS) is 18.6. The third kappa shape index (κ3) is 7.59. The lowest BCUT2D eigenvalue weighted by molar-refractivity contribution is -0.125. The summed E-state index contributed by atoms with van der Waals surface area (Å²) >= 11 is 18.9. The summed E-state index contributed by atoms with van der Waals surface area (Å²) in [4.78, 5) is 43.1. The number of nitrogens with zero attached hydrogens (tertiary/aromatic N) is 4. The van der Waals surface area contributed by atoms with E-state index in [-0.39, 0.29) is 17.7 Å². The fraction of sp³-hybridized carbons (Fsp3) is 0.455. The summed E-state index contributed by atoms with van der Waals surface area (Å²) in [6.07, 6.45) is 2.53. The van der Waals surface area contributed by atoms with Gasteiger partial charge >= 0.3 is 6.09 Å². The molecule has 2 aromatic carbocycles. The minimum absolute atomic E-state index is 0.0619. The molecule has 0 spiro atoms. The van der Waals surface area contributed by atoms with E-state index in [0.29, 0.717) is 64.6 Å². The average Bonchev–Trinajstić information content (AvgIpc) is 3.61. The Bertz CT molecular complexity index is 1580. The van der Waals surface area contributed by atoms with Crippen molar-refractivity contribution in [2.24, 2.45) is 5.92 Å². The van der Waals surface area contributed by atoms with E-state index < -0.39 is 17.7 Å². The van der Waals surface area contributed by atoms with Crippen molar-refractivity contribution in [2.45, 2.75) is 65.0 Å². The van der Waals surface area contributed by atoms with Crippen LogP contribution in [-0.4, -0.2) is 75.3 Å². The summed E-state index contributed by atoms with van der Waals surface area (Å²) in [5.74, 6) is -0.315. The zero-order valence-electron chi connectivity index (χ0n) is 25.9. The van der Waals surface area contributed by atoms with Crippen LogP contribution in [0.3, 0.4) is 0 Å². The molecule has 2 unspecified atom stereocenters. The van der Waals surface area contributed by atoms with Crippen LogP contribution in [0.4, 0.5) is 4.79 Å². The summed E-state index contributed by atoms with van der Waals surface area (Å²) in [6, 6.07) is 11.9. The second-order valence-electron chi connectivity index (χ2n) is 12.7. The first-order chi connectivity index (χ1) is 21.3. The highest BCUT2D eigenvalue weighted by Crippen LogP contribution is 2.34. The minimum Gasteiger partial charge on any atom is -0.444 e. The number of hydrogen-bond donors (Lipinski definition) is 1. The van der Waals surface area contributed by atoms with Gasteiger partial charge in [-0.25, -0.2) is 9.48 Å². The standard InChI is InChI=1S/C33H38Cl3N5O4/c1-20-28(38-41(26-14-13-24(35)17-25(26)36)29(20)22-9-11-23(34)12-10-22)31(43)39-15-5-7-21(19-39)18-37-30(42)27-8-6-16-40(27)32(44)45-33(2,3)4/h9-14,17,21,27H,5-8,15-16,18-19H2,1-4H3,(H,37,42). The number of piperidine rings is 1. The van der Waals surface area contributed by atoms with Crippen molar-refractivity contribution in [3.05, 3.63) is 68.8 Å². The van der Waals surface area contributed by atoms with Crippen LogP contribution in [-0.2, 0) is 9.53 Å². The molecule has 45 heavy (non-hydrogen) atoms. The molecule has 3 heterocycles. The summed E-state index contributed by atoms with van der Waals surface area (Å²) in [6.45, 7) is 9.27. The largest absolute Gasteiger partial charge is 0.444 e. The Morgan fingerprint density at radius 2 is 1.67 bits per heavy atom. The third-order valence-corrected chi connectivity index (χ3v) is 8.92. The van der Waals surface area contributed by atoms with E-state index in [1.165, 1.54) is 4.90 Å². The zero-order chi connectivity index (χ0) is 32.5. The molecular weight excluding hydrogens is 637 g/mol. The minimum atomic E-state index is -0.635. The van der Waals surface area contributed by atoms with Crippen LogP contribution in [0.2, 0.25) is 15.1 Å². The number of aromatic nitrogens is 2. The number of nitrogens with one attached hydrogen (secondary N) is 1. The van der Waals surface area contributed by atoms with Crippen molar-refractivity contribution < 1.29 is 19.1 Å². The lowest BCUT2D eigenvalue weighted by atomic mass is 9.97. The van der Waals surface area contributed by atoms with Gasteiger partial charge in [0.05, 0.1) is 16.4 Å². The quantitative estimate of drug-likeness (QED) is 0.299. The summed E-state index contributed by atoms with van der Waals surface area (Å²) in [5, 5.41) is 9.33. The lowest BCUT2D eigenvalue weighted by Crippen LogP contribution is -2.50. The maximum absolute atomic E-state index is 14.0. The highest BCUT2D eigenvalue weighted by atomic mass is 35.5. The molecule has 2 atom stereocenters. The number of halogens is 3. The van der Waals surface area contributed by atoms with Crippen LogP contribution in [0.5, 0.6) is 0 Å². The smallest absolute Gasteiger partial charge is 0.410 e. The number of benzene rings is 2. The number of ether oxygens (including phenoxy) is 1. The van der Waals surface area contributed by atoms with Gasteiger partial charge in [-0.05, 0) is 89.6 Å². The van der Waals surface area contributed by atoms with Crippen molar-refractivity contribution in [2.75, 3.05) is 26.2 Å². The lowest BCUT2D eigenvalue weighted by Gasteiger charge is -2.33. The second-order valence-corrected chi connectivity index (χ2v) is 14.0. The molecule has 2 aliphatic heterocycles. The van der Waals surface area contributed by atoms with Crippen molar-refractivity contribution in [3.8, 4) is 16.9 Å². The molecule has 0 saturated carbocycles. The molecule has 1 aromatic heterocycles. The van der Waals surface area contributed by atoms with Crippen LogP contribution >= 0.6 is 34.8 Å². The SMILES string of the molecule is Cc1c(C(=O)N2CCCC(CNC(=O)C3CCCN3C(=O)OC(C)(C)C)C2)nn(-c2ccc(Cl)cc2Cl)c1-c1ccc(Cl)cc1. The third-order valence-electron chi connectivity index (χ3n) is 8.13. The van der Waals surface area contributed by atoms with E-state index in [0.717, 1.165) is 30.5 Å². The van der Waals surface area contributed by atoms with Crippen molar-refractivity contribution >= 4 is 52.7 Å². The average molecular weight is 675 g/mol. The van der Waals surface area contributed by atoms with Crippen LogP contribution in [0.25, 0.3) is 16.9 Å². The Balaban J connectivity index is 1.31. The van der Waals surface area contributed by atoms with Gasteiger partial charge in [0.25, 0.3) is 5.91 Å². The van der Waals surface area contributed by atoms with Crippen molar-refractivity contribution in [1.82, 2.24) is 24.9 Å². The fourth-order valence-electron chi connectivity index (χ4n) is 5.98. The maximum Gasteiger partial charge on any atom is 0.410 e. The molecule has 240 valence electrons. The van der Waals surface area contributed by atoms with E-state index in [1.54, 1.807) is 39.9 Å². The van der Waals surface area contributed by atoms with Gasteiger partial charge in [0.15, 0.2) is 5.69 Å². The predicted molar refractivity (Wildman–Crippen MR) is 176 cm³/mol. The van der Waals surface area contributed by atoms with Crippen molar-refractivity contribution in [1.29, 1.82) is 0 Å². The molecule has 1 N–H and O–H groups in total. The van der Waals surface area contributed by atoms with Gasteiger partial charge in [-0.3, -0.25) is 14.5 Å². The molecule has 9 nitrogen and oxygen atoms in total. The molecule has 3 aromatic rings. The monoisotopic (exact) mass is 673 g/mol. The molecule has 2 aliphatic rings. The maximum atomic E-state index is 14.0. The first-order valence-electron chi connectivity index (χ1n) is 15.2. The van der Waals surface area contributed by atoms with Gasteiger partial charge in [0.2, 0.25) is 5.91 Å². The molecule has 5 rings (SSSR count). The van der Waals surface area contributed by atoms with Crippen molar-refractivity contribution in [3.63, 3.8) is 0 Å². The molecular formula is C33H38Cl3N5O4. The number of amides is 3. The number of carbonyl (C=O) groups excluding carboxylic acids is 3.